The summed E-state index contributed by atoms with van der Waals surface area (Å²) in [5, 5.41) is 3.02. The Balaban J connectivity index is 1.49. The average molecular weight is 329 g/mol. The molecule has 1 heterocycles. The highest BCUT2D eigenvalue weighted by molar-refractivity contribution is 5.84. The lowest BCUT2D eigenvalue weighted by Gasteiger charge is -2.36. The molecule has 1 saturated carbocycles. The maximum absolute atomic E-state index is 12.8. The number of hydrogen-bond donors (Lipinski definition) is 1. The third-order valence-corrected chi connectivity index (χ3v) is 4.90. The fourth-order valence-electron chi connectivity index (χ4n) is 3.29. The lowest BCUT2D eigenvalue weighted by molar-refractivity contribution is -0.135. The van der Waals surface area contributed by atoms with Crippen LogP contribution >= 0.6 is 0 Å². The minimum atomic E-state index is -0.0593. The van der Waals surface area contributed by atoms with Gasteiger partial charge in [0.1, 0.15) is 0 Å². The fourth-order valence-corrected chi connectivity index (χ4v) is 3.29. The van der Waals surface area contributed by atoms with Gasteiger partial charge in [-0.25, -0.2) is 0 Å². The summed E-state index contributed by atoms with van der Waals surface area (Å²) in [5.74, 6) is 0.273. The van der Waals surface area contributed by atoms with Crippen molar-refractivity contribution in [2.24, 2.45) is 0 Å². The minimum absolute atomic E-state index is 0.0593. The summed E-state index contributed by atoms with van der Waals surface area (Å²) < 4.78 is 0. The lowest BCUT2D eigenvalue weighted by Crippen LogP contribution is -2.52. The molecule has 0 spiro atoms. The molecule has 0 aromatic heterocycles. The molecular weight excluding hydrogens is 302 g/mol. The Bertz CT molecular complexity index is 563. The summed E-state index contributed by atoms with van der Waals surface area (Å²) in [4.78, 5) is 28.8. The Hall–Kier alpha value is -1.88. The summed E-state index contributed by atoms with van der Waals surface area (Å²) in [7, 11) is 0. The van der Waals surface area contributed by atoms with Crippen molar-refractivity contribution in [3.8, 4) is 0 Å². The van der Waals surface area contributed by atoms with E-state index in [4.69, 9.17) is 0 Å². The van der Waals surface area contributed by atoms with Gasteiger partial charge in [-0.3, -0.25) is 14.5 Å². The molecule has 1 N–H and O–H groups in total. The highest BCUT2D eigenvalue weighted by Crippen LogP contribution is 2.23. The van der Waals surface area contributed by atoms with Gasteiger partial charge in [-0.2, -0.15) is 0 Å². The van der Waals surface area contributed by atoms with Gasteiger partial charge in [-0.15, -0.1) is 0 Å². The highest BCUT2D eigenvalue weighted by atomic mass is 16.2. The first-order chi connectivity index (χ1) is 11.7. The van der Waals surface area contributed by atoms with Gasteiger partial charge >= 0.3 is 0 Å². The van der Waals surface area contributed by atoms with Crippen molar-refractivity contribution in [3.63, 3.8) is 0 Å². The van der Waals surface area contributed by atoms with Gasteiger partial charge in [-0.1, -0.05) is 37.3 Å². The molecule has 1 atom stereocenters. The number of nitrogens with zero attached hydrogens (tertiary/aromatic N) is 2. The van der Waals surface area contributed by atoms with Crippen molar-refractivity contribution in [1.29, 1.82) is 0 Å². The molecule has 2 amide bonds. The monoisotopic (exact) mass is 329 g/mol. The summed E-state index contributed by atoms with van der Waals surface area (Å²) in [6, 6.07) is 10.4. The van der Waals surface area contributed by atoms with Gasteiger partial charge in [0.25, 0.3) is 0 Å². The molecule has 2 fully saturated rings. The highest BCUT2D eigenvalue weighted by Gasteiger charge is 2.29. The summed E-state index contributed by atoms with van der Waals surface area (Å²) >= 11 is 0. The molecule has 0 bridgehead atoms. The van der Waals surface area contributed by atoms with Crippen LogP contribution < -0.4 is 5.32 Å². The smallest absolute Gasteiger partial charge is 0.234 e. The second kappa shape index (κ2) is 7.79. The molecule has 5 nitrogen and oxygen atoms in total. The van der Waals surface area contributed by atoms with Crippen LogP contribution in [0.5, 0.6) is 0 Å². The number of nitrogens with one attached hydrogen (secondary N) is 1. The molecule has 1 aromatic rings. The van der Waals surface area contributed by atoms with Crippen LogP contribution in [0, 0.1) is 0 Å². The van der Waals surface area contributed by atoms with Crippen molar-refractivity contribution in [1.82, 2.24) is 15.1 Å². The third-order valence-electron chi connectivity index (χ3n) is 4.90. The molecule has 1 aliphatic carbocycles. The molecule has 1 aromatic carbocycles. The van der Waals surface area contributed by atoms with E-state index in [1.807, 2.05) is 35.2 Å². The van der Waals surface area contributed by atoms with Crippen LogP contribution in [0.3, 0.4) is 0 Å². The molecule has 1 unspecified atom stereocenters. The van der Waals surface area contributed by atoms with Crippen LogP contribution in [0.15, 0.2) is 30.3 Å². The maximum Gasteiger partial charge on any atom is 0.234 e. The van der Waals surface area contributed by atoms with Crippen LogP contribution in [-0.2, 0) is 9.59 Å². The van der Waals surface area contributed by atoms with Gasteiger partial charge in [0, 0.05) is 32.2 Å². The van der Waals surface area contributed by atoms with Crippen molar-refractivity contribution < 1.29 is 9.59 Å². The van der Waals surface area contributed by atoms with E-state index in [-0.39, 0.29) is 17.7 Å². The van der Waals surface area contributed by atoms with E-state index in [0.29, 0.717) is 25.7 Å². The van der Waals surface area contributed by atoms with E-state index in [2.05, 4.69) is 17.1 Å². The Morgan fingerprint density at radius 3 is 2.38 bits per heavy atom. The van der Waals surface area contributed by atoms with E-state index in [9.17, 15) is 9.59 Å². The number of benzene rings is 1. The van der Waals surface area contributed by atoms with Crippen molar-refractivity contribution in [2.75, 3.05) is 32.7 Å². The lowest BCUT2D eigenvalue weighted by atomic mass is 9.95. The fraction of sp³-hybridized carbons (Fsp3) is 0.579. The Kier molecular flexibility index (Phi) is 5.51. The number of amides is 2. The molecule has 1 saturated heterocycles. The van der Waals surface area contributed by atoms with Crippen molar-refractivity contribution in [2.45, 2.75) is 38.1 Å². The number of piperazine rings is 1. The van der Waals surface area contributed by atoms with Crippen molar-refractivity contribution >= 4 is 11.8 Å². The predicted octanol–water partition coefficient (Wildman–Crippen LogP) is 1.60. The van der Waals surface area contributed by atoms with E-state index >= 15 is 0 Å². The van der Waals surface area contributed by atoms with Gasteiger partial charge in [-0.05, 0) is 24.8 Å². The predicted molar refractivity (Wildman–Crippen MR) is 93.7 cm³/mol. The normalized spacial score (nSPS) is 19.8. The summed E-state index contributed by atoms with van der Waals surface area (Å²) in [6.07, 6.45) is 3.05. The van der Waals surface area contributed by atoms with E-state index in [1.54, 1.807) is 0 Å². The zero-order valence-electron chi connectivity index (χ0n) is 14.4. The first-order valence-corrected chi connectivity index (χ1v) is 9.03. The molecule has 1 aliphatic heterocycles. The van der Waals surface area contributed by atoms with Crippen LogP contribution in [0.4, 0.5) is 0 Å². The van der Waals surface area contributed by atoms with Gasteiger partial charge in [0.15, 0.2) is 0 Å². The van der Waals surface area contributed by atoms with E-state index in [1.165, 1.54) is 0 Å². The van der Waals surface area contributed by atoms with Crippen LogP contribution in [0.1, 0.15) is 37.7 Å². The third kappa shape index (κ3) is 4.35. The first kappa shape index (κ1) is 17.0. The van der Waals surface area contributed by atoms with Gasteiger partial charge in [0.05, 0.1) is 12.5 Å². The molecule has 24 heavy (non-hydrogen) atoms. The van der Waals surface area contributed by atoms with Gasteiger partial charge in [0.2, 0.25) is 11.8 Å². The number of hydrogen-bond acceptors (Lipinski definition) is 3. The number of carbonyl (C=O) groups is 2. The Morgan fingerprint density at radius 2 is 1.79 bits per heavy atom. The molecular formula is C19H27N3O2. The van der Waals surface area contributed by atoms with E-state index in [0.717, 1.165) is 37.9 Å². The topological polar surface area (TPSA) is 52.7 Å². The largest absolute Gasteiger partial charge is 0.352 e. The van der Waals surface area contributed by atoms with E-state index < -0.39 is 0 Å². The quantitative estimate of drug-likeness (QED) is 0.862. The van der Waals surface area contributed by atoms with Gasteiger partial charge < -0.3 is 10.2 Å². The SMILES string of the molecule is CCC(C(=O)N1CCN(CC(=O)NC2CC2)CC1)c1ccccc1. The molecule has 5 heteroatoms. The van der Waals surface area contributed by atoms with Crippen molar-refractivity contribution in [3.05, 3.63) is 35.9 Å². The minimum Gasteiger partial charge on any atom is -0.352 e. The summed E-state index contributed by atoms with van der Waals surface area (Å²) in [5.41, 5.74) is 1.09. The zero-order chi connectivity index (χ0) is 16.9. The number of carbonyl (C=O) groups excluding carboxylic acids is 2. The molecule has 0 radical (unpaired) electrons. The second-order valence-electron chi connectivity index (χ2n) is 6.81. The molecule has 130 valence electrons. The van der Waals surface area contributed by atoms with Crippen LogP contribution in [0.2, 0.25) is 0 Å². The molecule has 2 aliphatic rings. The summed E-state index contributed by atoms with van der Waals surface area (Å²) in [6.45, 7) is 5.48. The second-order valence-corrected chi connectivity index (χ2v) is 6.81. The van der Waals surface area contributed by atoms with Crippen LogP contribution in [-0.4, -0.2) is 60.4 Å². The maximum atomic E-state index is 12.8. The first-order valence-electron chi connectivity index (χ1n) is 9.03. The standard InChI is InChI=1S/C19H27N3O2/c1-2-17(15-6-4-3-5-7-15)19(24)22-12-10-21(11-13-22)14-18(23)20-16-8-9-16/h3-7,16-17H,2,8-14H2,1H3,(H,20,23). The Labute approximate surface area is 144 Å². The average Bonchev–Trinajstić information content (AvgIpc) is 3.41. The number of rotatable bonds is 6. The molecule has 3 rings (SSSR count). The zero-order valence-corrected chi connectivity index (χ0v) is 14.4. The Morgan fingerprint density at radius 1 is 1.12 bits per heavy atom. The van der Waals surface area contributed by atoms with Crippen LogP contribution in [0.25, 0.3) is 0 Å².